The molecule has 0 unspecified atom stereocenters. The number of anilines is 1. The highest BCUT2D eigenvalue weighted by atomic mass is 16.1. The first-order chi connectivity index (χ1) is 19.0. The van der Waals surface area contributed by atoms with Gasteiger partial charge in [0, 0.05) is 53.3 Å². The Bertz CT molecular complexity index is 1850. The van der Waals surface area contributed by atoms with Gasteiger partial charge in [0.2, 0.25) is 0 Å². The third-order valence-electron chi connectivity index (χ3n) is 6.60. The Labute approximate surface area is 224 Å². The Kier molecular flexibility index (Phi) is 6.08. The van der Waals surface area contributed by atoms with Crippen LogP contribution in [0.25, 0.3) is 40.0 Å². The lowest BCUT2D eigenvalue weighted by Gasteiger charge is -2.19. The van der Waals surface area contributed by atoms with E-state index < -0.39 is 0 Å². The first-order valence-electron chi connectivity index (χ1n) is 12.5. The third kappa shape index (κ3) is 4.61. The maximum atomic E-state index is 13.4. The molecule has 6 aromatic rings. The average molecular weight is 515 g/mol. The van der Waals surface area contributed by atoms with Crippen molar-refractivity contribution in [2.45, 2.75) is 13.0 Å². The minimum Gasteiger partial charge on any atom is -0.381 e. The lowest BCUT2D eigenvalue weighted by atomic mass is 9.97. The summed E-state index contributed by atoms with van der Waals surface area (Å²) in [7, 11) is 1.89. The van der Waals surface area contributed by atoms with Crippen LogP contribution < -0.4 is 11.1 Å². The molecule has 192 valence electrons. The summed E-state index contributed by atoms with van der Waals surface area (Å²) in [5.41, 5.74) is 12.3. The molecule has 4 heterocycles. The van der Waals surface area contributed by atoms with Gasteiger partial charge in [0.05, 0.1) is 23.4 Å². The van der Waals surface area contributed by atoms with Gasteiger partial charge >= 0.3 is 0 Å². The number of nitrogens with zero attached hydrogens (tertiary/aromatic N) is 6. The van der Waals surface area contributed by atoms with E-state index in [0.717, 1.165) is 38.9 Å². The second-order valence-electron chi connectivity index (χ2n) is 9.34. The summed E-state index contributed by atoms with van der Waals surface area (Å²) in [6, 6.07) is 19.5. The number of nitrogen functional groups attached to an aromatic ring is 1. The van der Waals surface area contributed by atoms with Crippen LogP contribution in [0.5, 0.6) is 0 Å². The van der Waals surface area contributed by atoms with Crippen LogP contribution in [0.3, 0.4) is 0 Å². The van der Waals surface area contributed by atoms with Crippen molar-refractivity contribution in [2.24, 2.45) is 7.05 Å². The van der Waals surface area contributed by atoms with Crippen molar-refractivity contribution in [1.29, 1.82) is 0 Å². The summed E-state index contributed by atoms with van der Waals surface area (Å²) in [6.07, 6.45) is 11.2. The Morgan fingerprint density at radius 1 is 1.08 bits per heavy atom. The van der Waals surface area contributed by atoms with Crippen molar-refractivity contribution in [1.82, 2.24) is 34.7 Å². The molecule has 9 heteroatoms. The van der Waals surface area contributed by atoms with E-state index in [2.05, 4.69) is 26.6 Å². The number of para-hydroxylation sites is 1. The number of hydrogen-bond acceptors (Lipinski definition) is 6. The first kappa shape index (κ1) is 24.1. The summed E-state index contributed by atoms with van der Waals surface area (Å²) < 4.78 is 3.27. The van der Waals surface area contributed by atoms with Crippen molar-refractivity contribution in [3.8, 4) is 11.3 Å². The third-order valence-corrected chi connectivity index (χ3v) is 6.60. The quantitative estimate of drug-likeness (QED) is 0.326. The van der Waals surface area contributed by atoms with E-state index in [1.807, 2.05) is 87.0 Å². The lowest BCUT2D eigenvalue weighted by Crippen LogP contribution is -2.28. The molecule has 6 rings (SSSR count). The number of fused-ring (bicyclic) bond motifs is 2. The molecule has 1 amide bonds. The number of amides is 1. The fourth-order valence-electron chi connectivity index (χ4n) is 4.71. The summed E-state index contributed by atoms with van der Waals surface area (Å²) in [5.74, 6) is -0.218. The van der Waals surface area contributed by atoms with E-state index in [0.29, 0.717) is 5.65 Å². The van der Waals surface area contributed by atoms with Gasteiger partial charge in [0.25, 0.3) is 5.91 Å². The number of aromatic nitrogens is 6. The van der Waals surface area contributed by atoms with Crippen molar-refractivity contribution >= 4 is 40.4 Å². The number of aryl methyl sites for hydroxylation is 1. The molecule has 0 spiro atoms. The van der Waals surface area contributed by atoms with E-state index >= 15 is 0 Å². The van der Waals surface area contributed by atoms with Gasteiger partial charge in [-0.3, -0.25) is 9.48 Å². The number of benzene rings is 2. The molecule has 4 aromatic heterocycles. The molecule has 0 saturated carbocycles. The Hall–Kier alpha value is -5.31. The molecule has 1 atom stereocenters. The summed E-state index contributed by atoms with van der Waals surface area (Å²) in [6.45, 7) is 1.94. The lowest BCUT2D eigenvalue weighted by molar-refractivity contribution is 0.0942. The van der Waals surface area contributed by atoms with Gasteiger partial charge in [0.1, 0.15) is 5.56 Å². The second-order valence-corrected chi connectivity index (χ2v) is 9.34. The van der Waals surface area contributed by atoms with Crippen LogP contribution in [0.2, 0.25) is 0 Å². The number of carbonyl (C=O) groups is 1. The van der Waals surface area contributed by atoms with E-state index in [4.69, 9.17) is 10.7 Å². The van der Waals surface area contributed by atoms with Gasteiger partial charge in [-0.25, -0.2) is 14.5 Å². The smallest absolute Gasteiger partial charge is 0.259 e. The Balaban J connectivity index is 1.42. The molecule has 2 aromatic carbocycles. The van der Waals surface area contributed by atoms with Crippen LogP contribution in [0.4, 0.5) is 5.82 Å². The fourth-order valence-corrected chi connectivity index (χ4v) is 4.71. The average Bonchev–Trinajstić information content (AvgIpc) is 3.52. The molecule has 39 heavy (non-hydrogen) atoms. The first-order valence-corrected chi connectivity index (χ1v) is 12.5. The molecule has 9 nitrogen and oxygen atoms in total. The molecule has 0 saturated heterocycles. The highest BCUT2D eigenvalue weighted by Gasteiger charge is 2.23. The van der Waals surface area contributed by atoms with E-state index in [1.54, 1.807) is 23.1 Å². The van der Waals surface area contributed by atoms with Crippen LogP contribution >= 0.6 is 0 Å². The van der Waals surface area contributed by atoms with Crippen LogP contribution in [0.1, 0.15) is 40.0 Å². The van der Waals surface area contributed by atoms with Crippen molar-refractivity contribution < 1.29 is 4.79 Å². The van der Waals surface area contributed by atoms with Crippen molar-refractivity contribution in [3.05, 3.63) is 108 Å². The SMILES string of the molecule is C[C@H](NC(=O)c1c(N)nn2cccnc12)c1cc2cccc(/C=C\c3cnn(C)c3)c2nc1-c1ccccc1. The fraction of sp³-hybridized carbons (Fsp3) is 0.100. The minimum atomic E-state index is -0.378. The molecule has 3 N–H and O–H groups in total. The van der Waals surface area contributed by atoms with Gasteiger partial charge < -0.3 is 11.1 Å². The maximum Gasteiger partial charge on any atom is 0.259 e. The van der Waals surface area contributed by atoms with E-state index in [1.165, 1.54) is 4.52 Å². The summed E-state index contributed by atoms with van der Waals surface area (Å²) >= 11 is 0. The van der Waals surface area contributed by atoms with Gasteiger partial charge in [-0.1, -0.05) is 60.7 Å². The summed E-state index contributed by atoms with van der Waals surface area (Å²) in [4.78, 5) is 22.8. The van der Waals surface area contributed by atoms with Crippen LogP contribution in [-0.4, -0.2) is 35.3 Å². The van der Waals surface area contributed by atoms with Crippen molar-refractivity contribution in [3.63, 3.8) is 0 Å². The predicted molar refractivity (Wildman–Crippen MR) is 153 cm³/mol. The zero-order chi connectivity index (χ0) is 26.9. The zero-order valence-corrected chi connectivity index (χ0v) is 21.5. The van der Waals surface area contributed by atoms with Gasteiger partial charge in [-0.2, -0.15) is 5.10 Å². The zero-order valence-electron chi connectivity index (χ0n) is 21.5. The summed E-state index contributed by atoms with van der Waals surface area (Å²) in [5, 5.41) is 12.5. The molecule has 0 radical (unpaired) electrons. The standard InChI is InChI=1S/C30H26N8O/c1-19(34-30(39)25-28(31)36-38-15-7-14-32-29(25)38)24-16-23-11-6-10-22(13-12-20-17-33-37(2)18-20)26(23)35-27(24)21-8-4-3-5-9-21/h3-19H,1-2H3,(H2,31,36)(H,34,39)/b13-12-/t19-/m0/s1. The predicted octanol–water partition coefficient (Wildman–Crippen LogP) is 4.92. The number of nitrogens with two attached hydrogens (primary N) is 1. The van der Waals surface area contributed by atoms with Crippen LogP contribution in [0, 0.1) is 0 Å². The molecule has 0 aliphatic rings. The molecular formula is C30H26N8O. The number of carbonyl (C=O) groups excluding carboxylic acids is 1. The largest absolute Gasteiger partial charge is 0.381 e. The van der Waals surface area contributed by atoms with Gasteiger partial charge in [0.15, 0.2) is 11.5 Å². The second kappa shape index (κ2) is 9.86. The molecule has 0 aliphatic carbocycles. The van der Waals surface area contributed by atoms with Crippen LogP contribution in [0.15, 0.2) is 85.5 Å². The highest BCUT2D eigenvalue weighted by Crippen LogP contribution is 2.32. The number of pyridine rings is 1. The highest BCUT2D eigenvalue weighted by molar-refractivity contribution is 6.04. The van der Waals surface area contributed by atoms with Gasteiger partial charge in [-0.15, -0.1) is 5.10 Å². The molecular weight excluding hydrogens is 488 g/mol. The number of rotatable bonds is 6. The topological polar surface area (TPSA) is 116 Å². The van der Waals surface area contributed by atoms with E-state index in [-0.39, 0.29) is 23.3 Å². The van der Waals surface area contributed by atoms with Crippen LogP contribution in [-0.2, 0) is 7.05 Å². The van der Waals surface area contributed by atoms with Crippen molar-refractivity contribution in [2.75, 3.05) is 5.73 Å². The normalized spacial score (nSPS) is 12.4. The van der Waals surface area contributed by atoms with E-state index in [9.17, 15) is 4.79 Å². The number of hydrogen-bond donors (Lipinski definition) is 2. The van der Waals surface area contributed by atoms with Gasteiger partial charge in [-0.05, 0) is 19.1 Å². The molecule has 0 aliphatic heterocycles. The number of nitrogens with one attached hydrogen (secondary N) is 1. The maximum absolute atomic E-state index is 13.4. The molecule has 0 bridgehead atoms. The Morgan fingerprint density at radius 3 is 2.72 bits per heavy atom. The monoisotopic (exact) mass is 514 g/mol. The minimum absolute atomic E-state index is 0.128. The molecule has 0 fully saturated rings. The Morgan fingerprint density at radius 2 is 1.92 bits per heavy atom.